The number of fused-ring (bicyclic) bond motifs is 1. The maximum atomic E-state index is 14.0. The van der Waals surface area contributed by atoms with Gasteiger partial charge in [-0.2, -0.15) is 4.98 Å². The van der Waals surface area contributed by atoms with E-state index in [0.29, 0.717) is 35.7 Å². The van der Waals surface area contributed by atoms with Crippen molar-refractivity contribution < 1.29 is 8.91 Å². The van der Waals surface area contributed by atoms with Gasteiger partial charge in [0, 0.05) is 30.2 Å². The van der Waals surface area contributed by atoms with E-state index >= 15 is 0 Å². The van der Waals surface area contributed by atoms with Gasteiger partial charge >= 0.3 is 0 Å². The number of halogens is 1. The second-order valence-electron chi connectivity index (χ2n) is 4.25. The van der Waals surface area contributed by atoms with Crippen molar-refractivity contribution in [2.45, 2.75) is 6.42 Å². The van der Waals surface area contributed by atoms with Gasteiger partial charge in [0.2, 0.25) is 6.39 Å². The van der Waals surface area contributed by atoms with Crippen molar-refractivity contribution in [2.75, 3.05) is 17.6 Å². The first-order valence-electron chi connectivity index (χ1n) is 6.07. The predicted molar refractivity (Wildman–Crippen MR) is 72.6 cm³/mol. The first-order chi connectivity index (χ1) is 9.75. The molecule has 0 amide bonds. The van der Waals surface area contributed by atoms with Crippen LogP contribution in [0.3, 0.4) is 0 Å². The molecule has 1 aromatic carbocycles. The molecule has 0 aliphatic rings. The number of nitrogen functional groups attached to an aromatic ring is 1. The molecule has 0 saturated heterocycles. The van der Waals surface area contributed by atoms with Crippen LogP contribution in [-0.4, -0.2) is 21.7 Å². The molecule has 0 saturated carbocycles. The van der Waals surface area contributed by atoms with Crippen molar-refractivity contribution in [1.29, 1.82) is 0 Å². The first-order valence-corrected chi connectivity index (χ1v) is 6.07. The van der Waals surface area contributed by atoms with Gasteiger partial charge in [0.15, 0.2) is 11.6 Å². The van der Waals surface area contributed by atoms with Crippen molar-refractivity contribution in [3.8, 4) is 0 Å². The fourth-order valence-electron chi connectivity index (χ4n) is 2.01. The number of benzene rings is 1. The maximum absolute atomic E-state index is 14.0. The Bertz CT molecular complexity index is 729. The molecule has 102 valence electrons. The molecule has 0 radical (unpaired) electrons. The summed E-state index contributed by atoms with van der Waals surface area (Å²) < 4.78 is 18.6. The summed E-state index contributed by atoms with van der Waals surface area (Å²) in [6, 6.07) is 4.86. The molecular formula is C13H12FN5O. The maximum Gasteiger partial charge on any atom is 0.213 e. The standard InChI is InChI=1S/C13H12FN5O/c14-9-6-10(15)8-2-1-4-16-12(8)13(9)17-5-3-11-18-7-20-19-11/h1-2,4,6-7,17H,3,5,15H2. The Labute approximate surface area is 113 Å². The molecular weight excluding hydrogens is 261 g/mol. The van der Waals surface area contributed by atoms with Gasteiger partial charge in [-0.15, -0.1) is 0 Å². The monoisotopic (exact) mass is 273 g/mol. The highest BCUT2D eigenvalue weighted by atomic mass is 19.1. The number of rotatable bonds is 4. The molecule has 0 aliphatic heterocycles. The zero-order valence-corrected chi connectivity index (χ0v) is 10.5. The molecule has 0 bridgehead atoms. The van der Waals surface area contributed by atoms with E-state index in [1.807, 2.05) is 6.07 Å². The SMILES string of the molecule is Nc1cc(F)c(NCCc2ncon2)c2ncccc12. The highest BCUT2D eigenvalue weighted by Gasteiger charge is 2.11. The van der Waals surface area contributed by atoms with Crippen LogP contribution in [0.4, 0.5) is 15.8 Å². The smallest absolute Gasteiger partial charge is 0.213 e. The number of pyridine rings is 1. The van der Waals surface area contributed by atoms with E-state index in [9.17, 15) is 4.39 Å². The Hall–Kier alpha value is -2.70. The second-order valence-corrected chi connectivity index (χ2v) is 4.25. The molecule has 0 unspecified atom stereocenters. The van der Waals surface area contributed by atoms with Gasteiger partial charge in [-0.1, -0.05) is 5.16 Å². The van der Waals surface area contributed by atoms with Crippen molar-refractivity contribution in [1.82, 2.24) is 15.1 Å². The largest absolute Gasteiger partial charge is 0.398 e. The third-order valence-electron chi connectivity index (χ3n) is 2.93. The van der Waals surface area contributed by atoms with Crippen LogP contribution >= 0.6 is 0 Å². The lowest BCUT2D eigenvalue weighted by Crippen LogP contribution is -2.09. The molecule has 3 rings (SSSR count). The molecule has 6 nitrogen and oxygen atoms in total. The number of anilines is 2. The van der Waals surface area contributed by atoms with Gasteiger partial charge in [-0.05, 0) is 18.2 Å². The number of hydrogen-bond donors (Lipinski definition) is 2. The Balaban J connectivity index is 1.87. The van der Waals surface area contributed by atoms with E-state index in [-0.39, 0.29) is 0 Å². The van der Waals surface area contributed by atoms with Crippen molar-refractivity contribution in [2.24, 2.45) is 0 Å². The second kappa shape index (κ2) is 5.12. The summed E-state index contributed by atoms with van der Waals surface area (Å²) in [7, 11) is 0. The Kier molecular flexibility index (Phi) is 3.16. The Morgan fingerprint density at radius 3 is 3.05 bits per heavy atom. The van der Waals surface area contributed by atoms with Gasteiger partial charge in [-0.3, -0.25) is 4.98 Å². The van der Waals surface area contributed by atoms with Crippen LogP contribution in [0.15, 0.2) is 35.3 Å². The van der Waals surface area contributed by atoms with Crippen molar-refractivity contribution in [3.63, 3.8) is 0 Å². The third kappa shape index (κ3) is 2.25. The summed E-state index contributed by atoms with van der Waals surface area (Å²) in [4.78, 5) is 8.09. The zero-order chi connectivity index (χ0) is 13.9. The van der Waals surface area contributed by atoms with E-state index in [1.54, 1.807) is 12.3 Å². The fraction of sp³-hybridized carbons (Fsp3) is 0.154. The van der Waals surface area contributed by atoms with Crippen LogP contribution < -0.4 is 11.1 Å². The lowest BCUT2D eigenvalue weighted by molar-refractivity contribution is 0.410. The third-order valence-corrected chi connectivity index (χ3v) is 2.93. The van der Waals surface area contributed by atoms with Gasteiger partial charge in [0.05, 0.1) is 11.2 Å². The number of nitrogens with two attached hydrogens (primary N) is 1. The van der Waals surface area contributed by atoms with Crippen molar-refractivity contribution in [3.05, 3.63) is 42.4 Å². The lowest BCUT2D eigenvalue weighted by atomic mass is 10.1. The van der Waals surface area contributed by atoms with Crippen molar-refractivity contribution >= 4 is 22.3 Å². The number of aromatic nitrogens is 3. The van der Waals surface area contributed by atoms with Gasteiger partial charge in [0.1, 0.15) is 0 Å². The normalized spacial score (nSPS) is 10.8. The molecule has 2 aromatic heterocycles. The van der Waals surface area contributed by atoms with Crippen LogP contribution in [0.5, 0.6) is 0 Å². The van der Waals surface area contributed by atoms with Crippen LogP contribution in [0, 0.1) is 5.82 Å². The van der Waals surface area contributed by atoms with Gasteiger partial charge < -0.3 is 15.6 Å². The summed E-state index contributed by atoms with van der Waals surface area (Å²) >= 11 is 0. The highest BCUT2D eigenvalue weighted by Crippen LogP contribution is 2.29. The molecule has 0 aliphatic carbocycles. The average Bonchev–Trinajstić information content (AvgIpc) is 2.96. The van der Waals surface area contributed by atoms with Crippen LogP contribution in [0.2, 0.25) is 0 Å². The van der Waals surface area contributed by atoms with E-state index in [1.165, 1.54) is 12.5 Å². The van der Waals surface area contributed by atoms with E-state index in [4.69, 9.17) is 5.73 Å². The summed E-state index contributed by atoms with van der Waals surface area (Å²) in [5, 5.41) is 7.42. The fourth-order valence-corrected chi connectivity index (χ4v) is 2.01. The topological polar surface area (TPSA) is 89.9 Å². The molecule has 7 heteroatoms. The molecule has 0 spiro atoms. The summed E-state index contributed by atoms with van der Waals surface area (Å²) in [5.74, 6) is 0.132. The molecule has 3 aromatic rings. The Morgan fingerprint density at radius 1 is 1.35 bits per heavy atom. The summed E-state index contributed by atoms with van der Waals surface area (Å²) in [6.45, 7) is 0.464. The van der Waals surface area contributed by atoms with Crippen LogP contribution in [-0.2, 0) is 6.42 Å². The minimum Gasteiger partial charge on any atom is -0.398 e. The van der Waals surface area contributed by atoms with Crippen LogP contribution in [0.1, 0.15) is 5.82 Å². The number of nitrogens with one attached hydrogen (secondary N) is 1. The minimum atomic E-state index is -0.429. The first kappa shape index (κ1) is 12.3. The average molecular weight is 273 g/mol. The van der Waals surface area contributed by atoms with E-state index < -0.39 is 5.82 Å². The molecule has 0 atom stereocenters. The van der Waals surface area contributed by atoms with Crippen LogP contribution in [0.25, 0.3) is 10.9 Å². The van der Waals surface area contributed by atoms with E-state index in [0.717, 1.165) is 5.39 Å². The molecule has 2 heterocycles. The van der Waals surface area contributed by atoms with Gasteiger partial charge in [-0.25, -0.2) is 4.39 Å². The quantitative estimate of drug-likeness (QED) is 0.706. The summed E-state index contributed by atoms with van der Waals surface area (Å²) in [6.07, 6.45) is 3.39. The summed E-state index contributed by atoms with van der Waals surface area (Å²) in [5.41, 5.74) is 7.01. The highest BCUT2D eigenvalue weighted by molar-refractivity contribution is 5.98. The molecule has 0 fully saturated rings. The lowest BCUT2D eigenvalue weighted by Gasteiger charge is -2.11. The van der Waals surface area contributed by atoms with Gasteiger partial charge in [0.25, 0.3) is 0 Å². The Morgan fingerprint density at radius 2 is 2.25 bits per heavy atom. The minimum absolute atomic E-state index is 0.332. The zero-order valence-electron chi connectivity index (χ0n) is 10.5. The predicted octanol–water partition coefficient (Wildman–Crippen LogP) is 1.99. The molecule has 20 heavy (non-hydrogen) atoms. The number of nitrogens with zero attached hydrogens (tertiary/aromatic N) is 3. The molecule has 3 N–H and O–H groups in total. The number of hydrogen-bond acceptors (Lipinski definition) is 6. The van der Waals surface area contributed by atoms with E-state index in [2.05, 4.69) is 25.0 Å².